The summed E-state index contributed by atoms with van der Waals surface area (Å²) in [5.74, 6) is 0.819. The summed E-state index contributed by atoms with van der Waals surface area (Å²) in [5, 5.41) is 0. The van der Waals surface area contributed by atoms with Gasteiger partial charge in [0.25, 0.3) is 0 Å². The van der Waals surface area contributed by atoms with Gasteiger partial charge >= 0.3 is 11.9 Å². The molecule has 5 nitrogen and oxygen atoms in total. The lowest BCUT2D eigenvalue weighted by atomic mass is 9.89. The Bertz CT molecular complexity index is 842. The minimum Gasteiger partial charge on any atom is -0.469 e. The first kappa shape index (κ1) is 26.7. The van der Waals surface area contributed by atoms with Crippen LogP contribution < -0.4 is 0 Å². The molecule has 1 aromatic rings. The third-order valence-corrected chi connectivity index (χ3v) is 5.91. The number of carbonyl (C=O) groups is 2. The van der Waals surface area contributed by atoms with E-state index >= 15 is 0 Å². The SMILES string of the molecule is C=C(COC(=O)CCC)C1CC=C(C)Cc2cc(co2)CCC=C(COC(=O)CCC)CC1. The molecule has 1 aliphatic rings. The van der Waals surface area contributed by atoms with Crippen LogP contribution in [-0.2, 0) is 31.9 Å². The first-order valence-corrected chi connectivity index (χ1v) is 12.3. The standard InChI is InChI=1S/C28H40O5/c1-5-8-27(29)32-18-22(4)25-14-12-21(3)16-26-17-24(20-31-26)11-7-10-23(13-15-25)19-33-28(30)9-6-2/h10,12,17,20,25H,4-9,11,13-16,18-19H2,1-3H3. The first-order valence-electron chi connectivity index (χ1n) is 12.3. The zero-order chi connectivity index (χ0) is 24.1. The molecule has 2 bridgehead atoms. The lowest BCUT2D eigenvalue weighted by Crippen LogP contribution is -2.14. The van der Waals surface area contributed by atoms with E-state index in [0.29, 0.717) is 19.4 Å². The summed E-state index contributed by atoms with van der Waals surface area (Å²) in [6.45, 7) is 10.9. The van der Waals surface area contributed by atoms with Gasteiger partial charge in [-0.2, -0.15) is 0 Å². The molecule has 0 spiro atoms. The van der Waals surface area contributed by atoms with Crippen LogP contribution in [0, 0.1) is 5.92 Å². The molecular weight excluding hydrogens is 416 g/mol. The van der Waals surface area contributed by atoms with E-state index in [9.17, 15) is 9.59 Å². The van der Waals surface area contributed by atoms with E-state index in [4.69, 9.17) is 13.9 Å². The Morgan fingerprint density at radius 1 is 1.09 bits per heavy atom. The Morgan fingerprint density at radius 2 is 1.82 bits per heavy atom. The summed E-state index contributed by atoms with van der Waals surface area (Å²) >= 11 is 0. The van der Waals surface area contributed by atoms with Crippen LogP contribution >= 0.6 is 0 Å². The molecule has 0 saturated heterocycles. The molecule has 0 aliphatic heterocycles. The Hall–Kier alpha value is -2.56. The van der Waals surface area contributed by atoms with Crippen molar-refractivity contribution in [3.63, 3.8) is 0 Å². The van der Waals surface area contributed by atoms with Crippen molar-refractivity contribution in [2.24, 2.45) is 5.92 Å². The number of ether oxygens (including phenoxy) is 2. The summed E-state index contributed by atoms with van der Waals surface area (Å²) in [6.07, 6.45) is 13.8. The van der Waals surface area contributed by atoms with E-state index in [-0.39, 0.29) is 24.5 Å². The highest BCUT2D eigenvalue weighted by Gasteiger charge is 2.16. The predicted molar refractivity (Wildman–Crippen MR) is 131 cm³/mol. The largest absolute Gasteiger partial charge is 0.469 e. The van der Waals surface area contributed by atoms with Crippen molar-refractivity contribution < 1.29 is 23.5 Å². The fourth-order valence-corrected chi connectivity index (χ4v) is 3.88. The zero-order valence-electron chi connectivity index (χ0n) is 20.6. The van der Waals surface area contributed by atoms with Crippen molar-refractivity contribution in [3.05, 3.63) is 59.1 Å². The van der Waals surface area contributed by atoms with Gasteiger partial charge in [0.1, 0.15) is 19.0 Å². The molecule has 1 aliphatic carbocycles. The molecule has 182 valence electrons. The first-order chi connectivity index (χ1) is 15.9. The maximum atomic E-state index is 11.9. The van der Waals surface area contributed by atoms with Crippen molar-refractivity contribution in [1.29, 1.82) is 0 Å². The van der Waals surface area contributed by atoms with Gasteiger partial charge < -0.3 is 13.9 Å². The second-order valence-electron chi connectivity index (χ2n) is 9.00. The second-order valence-corrected chi connectivity index (χ2v) is 9.00. The average Bonchev–Trinajstić information content (AvgIpc) is 3.22. The predicted octanol–water partition coefficient (Wildman–Crippen LogP) is 6.67. The highest BCUT2D eigenvalue weighted by Crippen LogP contribution is 2.26. The van der Waals surface area contributed by atoms with Gasteiger partial charge in [0.15, 0.2) is 0 Å². The molecule has 5 heteroatoms. The van der Waals surface area contributed by atoms with E-state index in [2.05, 4.69) is 31.7 Å². The second kappa shape index (κ2) is 14.6. The lowest BCUT2D eigenvalue weighted by molar-refractivity contribution is -0.143. The molecule has 1 unspecified atom stereocenters. The number of esters is 2. The van der Waals surface area contributed by atoms with Crippen LogP contribution in [0.1, 0.15) is 83.5 Å². The molecule has 33 heavy (non-hydrogen) atoms. The quantitative estimate of drug-likeness (QED) is 0.307. The third-order valence-electron chi connectivity index (χ3n) is 5.91. The smallest absolute Gasteiger partial charge is 0.306 e. The van der Waals surface area contributed by atoms with Crippen LogP contribution in [0.15, 0.2) is 52.2 Å². The Labute approximate surface area is 198 Å². The van der Waals surface area contributed by atoms with Crippen molar-refractivity contribution in [2.45, 2.75) is 85.0 Å². The summed E-state index contributed by atoms with van der Waals surface area (Å²) in [4.78, 5) is 23.7. The number of carbonyl (C=O) groups excluding carboxylic acids is 2. The highest BCUT2D eigenvalue weighted by atomic mass is 16.5. The summed E-state index contributed by atoms with van der Waals surface area (Å²) < 4.78 is 16.7. The van der Waals surface area contributed by atoms with Crippen LogP contribution in [0.5, 0.6) is 0 Å². The monoisotopic (exact) mass is 456 g/mol. The number of hydrogen-bond donors (Lipinski definition) is 0. The van der Waals surface area contributed by atoms with E-state index in [1.807, 2.05) is 20.1 Å². The lowest BCUT2D eigenvalue weighted by Gasteiger charge is -2.20. The van der Waals surface area contributed by atoms with Crippen LogP contribution in [-0.4, -0.2) is 25.2 Å². The molecule has 2 rings (SSSR count). The van der Waals surface area contributed by atoms with Crippen LogP contribution in [0.4, 0.5) is 0 Å². The summed E-state index contributed by atoms with van der Waals surface area (Å²) in [7, 11) is 0. The summed E-state index contributed by atoms with van der Waals surface area (Å²) in [5.41, 5.74) is 4.49. The van der Waals surface area contributed by atoms with Gasteiger partial charge in [-0.1, -0.05) is 38.2 Å². The Balaban J connectivity index is 2.14. The van der Waals surface area contributed by atoms with E-state index < -0.39 is 0 Å². The van der Waals surface area contributed by atoms with Gasteiger partial charge in [-0.3, -0.25) is 9.59 Å². The maximum Gasteiger partial charge on any atom is 0.306 e. The maximum absolute atomic E-state index is 11.9. The molecule has 0 N–H and O–H groups in total. The number of aryl methyl sites for hydroxylation is 1. The average molecular weight is 457 g/mol. The minimum absolute atomic E-state index is 0.153. The van der Waals surface area contributed by atoms with Gasteiger partial charge in [-0.15, -0.1) is 0 Å². The Kier molecular flexibility index (Phi) is 11.8. The van der Waals surface area contributed by atoms with Crippen molar-refractivity contribution in [3.8, 4) is 0 Å². The number of allylic oxidation sites excluding steroid dienone is 3. The molecule has 0 amide bonds. The molecule has 0 radical (unpaired) electrons. The molecule has 0 fully saturated rings. The molecule has 0 saturated carbocycles. The normalized spacial score (nSPS) is 17.4. The summed E-state index contributed by atoms with van der Waals surface area (Å²) in [6, 6.07) is 2.13. The van der Waals surface area contributed by atoms with Crippen LogP contribution in [0.25, 0.3) is 0 Å². The van der Waals surface area contributed by atoms with Crippen molar-refractivity contribution in [1.82, 2.24) is 0 Å². The van der Waals surface area contributed by atoms with Crippen LogP contribution in [0.2, 0.25) is 0 Å². The van der Waals surface area contributed by atoms with Crippen molar-refractivity contribution in [2.75, 3.05) is 13.2 Å². The number of rotatable bonds is 9. The minimum atomic E-state index is -0.177. The van der Waals surface area contributed by atoms with Crippen molar-refractivity contribution >= 4 is 11.9 Å². The molecule has 1 atom stereocenters. The van der Waals surface area contributed by atoms with Gasteiger partial charge in [0.2, 0.25) is 0 Å². The molecule has 0 aromatic carbocycles. The van der Waals surface area contributed by atoms with Crippen LogP contribution in [0.3, 0.4) is 0 Å². The topological polar surface area (TPSA) is 65.7 Å². The van der Waals surface area contributed by atoms with E-state index in [1.54, 1.807) is 0 Å². The third kappa shape index (κ3) is 10.3. The van der Waals surface area contributed by atoms with Gasteiger partial charge in [-0.05, 0) is 80.6 Å². The fourth-order valence-electron chi connectivity index (χ4n) is 3.88. The molecular formula is C28H40O5. The number of hydrogen-bond acceptors (Lipinski definition) is 5. The fraction of sp³-hybridized carbons (Fsp3) is 0.571. The highest BCUT2D eigenvalue weighted by molar-refractivity contribution is 5.69. The number of furan rings is 1. The molecule has 1 heterocycles. The van der Waals surface area contributed by atoms with Gasteiger partial charge in [0.05, 0.1) is 6.26 Å². The van der Waals surface area contributed by atoms with E-state index in [0.717, 1.165) is 68.3 Å². The zero-order valence-corrected chi connectivity index (χ0v) is 20.6. The Morgan fingerprint density at radius 3 is 2.55 bits per heavy atom. The van der Waals surface area contributed by atoms with E-state index in [1.165, 1.54) is 11.1 Å². The number of fused-ring (bicyclic) bond motifs is 2. The molecule has 1 aromatic heterocycles. The van der Waals surface area contributed by atoms with Gasteiger partial charge in [-0.25, -0.2) is 0 Å². The van der Waals surface area contributed by atoms with Gasteiger partial charge in [0, 0.05) is 19.3 Å².